The normalized spacial score (nSPS) is 20.9. The van der Waals surface area contributed by atoms with Crippen molar-refractivity contribution in [2.75, 3.05) is 57.9 Å². The molecule has 2 aromatic carbocycles. The smallest absolute Gasteiger partial charge is 0.416 e. The van der Waals surface area contributed by atoms with Crippen molar-refractivity contribution in [2.45, 2.75) is 62.6 Å². The van der Waals surface area contributed by atoms with Gasteiger partial charge in [0.25, 0.3) is 17.7 Å². The SMILES string of the molecule is COCCOc1ccccc1N1CCN(C(=O)[C@]2(Oc3ccc(C(F)(F)F)cc3)CCCN(C(=O)c3cnccc3C(C)(F)F)[C@@H]2C(O)C(C)O)CC1. The molecular weight excluding hydrogens is 707 g/mol. The quantitative estimate of drug-likeness (QED) is 0.200. The Morgan fingerprint density at radius 1 is 0.962 bits per heavy atom. The molecule has 2 saturated heterocycles. The lowest BCUT2D eigenvalue weighted by Crippen LogP contribution is -2.73. The molecule has 11 nitrogen and oxygen atoms in total. The lowest BCUT2D eigenvalue weighted by molar-refractivity contribution is -0.170. The van der Waals surface area contributed by atoms with Gasteiger partial charge < -0.3 is 39.1 Å². The number of anilines is 1. The van der Waals surface area contributed by atoms with Crippen LogP contribution in [0.5, 0.6) is 11.5 Å². The molecule has 53 heavy (non-hydrogen) atoms. The van der Waals surface area contributed by atoms with Crippen LogP contribution in [0.25, 0.3) is 0 Å². The van der Waals surface area contributed by atoms with Gasteiger partial charge in [0.15, 0.2) is 0 Å². The molecule has 2 unspecified atom stereocenters. The fraction of sp³-hybridized carbons (Fsp3) is 0.486. The number of aromatic nitrogens is 1. The third kappa shape index (κ3) is 8.65. The van der Waals surface area contributed by atoms with Crippen molar-refractivity contribution in [3.8, 4) is 11.5 Å². The van der Waals surface area contributed by atoms with E-state index in [2.05, 4.69) is 4.98 Å². The van der Waals surface area contributed by atoms with Crippen LogP contribution < -0.4 is 14.4 Å². The number of alkyl halides is 5. The van der Waals surface area contributed by atoms with Gasteiger partial charge in [0.05, 0.1) is 29.5 Å². The third-order valence-corrected chi connectivity index (χ3v) is 9.53. The molecule has 3 aromatic rings. The van der Waals surface area contributed by atoms with Crippen molar-refractivity contribution in [3.63, 3.8) is 0 Å². The van der Waals surface area contributed by atoms with Gasteiger partial charge in [-0.2, -0.15) is 13.2 Å². The Labute approximate surface area is 303 Å². The molecule has 0 aliphatic carbocycles. The first kappa shape index (κ1) is 39.7. The van der Waals surface area contributed by atoms with Crippen LogP contribution in [0.4, 0.5) is 27.6 Å². The number of piperazine rings is 1. The van der Waals surface area contributed by atoms with E-state index in [9.17, 15) is 41.8 Å². The van der Waals surface area contributed by atoms with Crippen LogP contribution in [0, 0.1) is 0 Å². The average Bonchev–Trinajstić information content (AvgIpc) is 3.13. The van der Waals surface area contributed by atoms with Gasteiger partial charge in [-0.25, -0.2) is 8.78 Å². The summed E-state index contributed by atoms with van der Waals surface area (Å²) in [5.41, 5.74) is -3.50. The fourth-order valence-electron chi connectivity index (χ4n) is 6.91. The van der Waals surface area contributed by atoms with Crippen molar-refractivity contribution in [3.05, 3.63) is 83.7 Å². The van der Waals surface area contributed by atoms with E-state index < -0.39 is 64.5 Å². The van der Waals surface area contributed by atoms with E-state index in [0.29, 0.717) is 39.0 Å². The number of para-hydroxylation sites is 2. The van der Waals surface area contributed by atoms with Crippen LogP contribution >= 0.6 is 0 Å². The standard InChI is InChI=1S/C37H43F5N4O7/c1-24(47)31(48)32-36(53-26-11-9-25(10-12-26)37(40,41)42,14-6-16-46(32)33(49)27-23-43-15-13-28(27)35(2,38)39)34(50)45-19-17-44(18-20-45)29-7-4-5-8-30(29)52-22-21-51-3/h4-5,7-13,15,23-24,31-32,47-48H,6,14,16-22H2,1-3H3/t24?,31?,32-,36+/m1/s1. The van der Waals surface area contributed by atoms with Crippen LogP contribution in [-0.2, 0) is 21.6 Å². The third-order valence-electron chi connectivity index (χ3n) is 9.53. The minimum atomic E-state index is -4.67. The highest BCUT2D eigenvalue weighted by molar-refractivity contribution is 5.97. The van der Waals surface area contributed by atoms with E-state index in [1.807, 2.05) is 29.2 Å². The number of carbonyl (C=O) groups excluding carboxylic acids is 2. The van der Waals surface area contributed by atoms with Gasteiger partial charge in [-0.15, -0.1) is 0 Å². The van der Waals surface area contributed by atoms with Crippen LogP contribution in [-0.4, -0.2) is 114 Å². The molecule has 0 bridgehead atoms. The second-order valence-corrected chi connectivity index (χ2v) is 13.2. The summed E-state index contributed by atoms with van der Waals surface area (Å²) in [5, 5.41) is 22.4. The number of rotatable bonds is 12. The van der Waals surface area contributed by atoms with E-state index in [1.165, 1.54) is 11.8 Å². The van der Waals surface area contributed by atoms with Crippen molar-refractivity contribution >= 4 is 17.5 Å². The van der Waals surface area contributed by atoms with Crippen molar-refractivity contribution < 1.29 is 56.0 Å². The lowest BCUT2D eigenvalue weighted by atomic mass is 9.77. The maximum atomic E-state index is 15.0. The van der Waals surface area contributed by atoms with Crippen LogP contribution in [0.15, 0.2) is 67.0 Å². The highest BCUT2D eigenvalue weighted by Crippen LogP contribution is 2.41. The highest BCUT2D eigenvalue weighted by Gasteiger charge is 2.59. The first-order chi connectivity index (χ1) is 25.1. The number of halogens is 5. The van der Waals surface area contributed by atoms with E-state index in [-0.39, 0.29) is 38.2 Å². The topological polar surface area (TPSA) is 125 Å². The molecular formula is C37H43F5N4O7. The number of nitrogens with zero attached hydrogens (tertiary/aromatic N) is 4. The number of benzene rings is 2. The molecule has 2 N–H and O–H groups in total. The molecule has 1 aromatic heterocycles. The predicted octanol–water partition coefficient (Wildman–Crippen LogP) is 4.75. The zero-order valence-electron chi connectivity index (χ0n) is 29.6. The summed E-state index contributed by atoms with van der Waals surface area (Å²) in [5.74, 6) is -4.73. The summed E-state index contributed by atoms with van der Waals surface area (Å²) in [6, 6.07) is 10.3. The van der Waals surface area contributed by atoms with Gasteiger partial charge in [0, 0.05) is 71.1 Å². The minimum Gasteiger partial charge on any atom is -0.489 e. The molecule has 3 heterocycles. The van der Waals surface area contributed by atoms with Gasteiger partial charge in [-0.3, -0.25) is 14.6 Å². The predicted molar refractivity (Wildman–Crippen MR) is 183 cm³/mol. The summed E-state index contributed by atoms with van der Waals surface area (Å²) in [4.78, 5) is 37.6. The second-order valence-electron chi connectivity index (χ2n) is 13.2. The van der Waals surface area contributed by atoms with Gasteiger partial charge in [-0.05, 0) is 55.8 Å². The number of amides is 2. The number of aliphatic hydroxyl groups excluding tert-OH is 2. The van der Waals surface area contributed by atoms with Crippen molar-refractivity contribution in [1.82, 2.24) is 14.8 Å². The number of likely N-dealkylation sites (tertiary alicyclic amines) is 1. The largest absolute Gasteiger partial charge is 0.489 e. The van der Waals surface area contributed by atoms with E-state index in [0.717, 1.165) is 53.3 Å². The minimum absolute atomic E-state index is 0.0748. The van der Waals surface area contributed by atoms with Crippen molar-refractivity contribution in [2.24, 2.45) is 0 Å². The number of pyridine rings is 1. The molecule has 2 amide bonds. The lowest BCUT2D eigenvalue weighted by Gasteiger charge is -2.52. The summed E-state index contributed by atoms with van der Waals surface area (Å²) in [7, 11) is 1.56. The Morgan fingerprint density at radius 3 is 2.26 bits per heavy atom. The number of aliphatic hydroxyl groups is 2. The Morgan fingerprint density at radius 2 is 1.64 bits per heavy atom. The van der Waals surface area contributed by atoms with E-state index in [1.54, 1.807) is 7.11 Å². The molecule has 2 aliphatic rings. The van der Waals surface area contributed by atoms with Gasteiger partial charge in [-0.1, -0.05) is 12.1 Å². The Kier molecular flexibility index (Phi) is 12.1. The number of piperidine rings is 1. The van der Waals surface area contributed by atoms with Crippen LogP contribution in [0.2, 0.25) is 0 Å². The first-order valence-corrected chi connectivity index (χ1v) is 17.2. The number of hydrogen-bond acceptors (Lipinski definition) is 9. The molecule has 288 valence electrons. The first-order valence-electron chi connectivity index (χ1n) is 17.2. The number of hydrogen-bond donors (Lipinski definition) is 2. The monoisotopic (exact) mass is 750 g/mol. The van der Waals surface area contributed by atoms with E-state index in [4.69, 9.17) is 14.2 Å². The number of ether oxygens (including phenoxy) is 3. The molecule has 0 saturated carbocycles. The molecule has 2 aliphatic heterocycles. The Hall–Kier alpha value is -4.54. The molecule has 4 atom stereocenters. The van der Waals surface area contributed by atoms with Crippen LogP contribution in [0.3, 0.4) is 0 Å². The number of methoxy groups -OCH3 is 1. The van der Waals surface area contributed by atoms with Gasteiger partial charge >= 0.3 is 6.18 Å². The zero-order chi connectivity index (χ0) is 38.6. The molecule has 2 fully saturated rings. The van der Waals surface area contributed by atoms with E-state index >= 15 is 0 Å². The van der Waals surface area contributed by atoms with Crippen molar-refractivity contribution in [1.29, 1.82) is 0 Å². The maximum Gasteiger partial charge on any atom is 0.416 e. The Bertz CT molecular complexity index is 1710. The summed E-state index contributed by atoms with van der Waals surface area (Å²) >= 11 is 0. The number of carbonyl (C=O) groups is 2. The highest BCUT2D eigenvalue weighted by atomic mass is 19.4. The molecule has 0 spiro atoms. The Balaban J connectivity index is 1.54. The summed E-state index contributed by atoms with van der Waals surface area (Å²) in [6.07, 6.45) is -6.09. The van der Waals surface area contributed by atoms with Crippen LogP contribution in [0.1, 0.15) is 48.2 Å². The zero-order valence-corrected chi connectivity index (χ0v) is 29.6. The molecule has 16 heteroatoms. The second kappa shape index (κ2) is 16.2. The molecule has 5 rings (SSSR count). The summed E-state index contributed by atoms with van der Waals surface area (Å²) in [6.45, 7) is 3.31. The fourth-order valence-corrected chi connectivity index (χ4v) is 6.91. The summed E-state index contributed by atoms with van der Waals surface area (Å²) < 4.78 is 87.3. The average molecular weight is 751 g/mol. The maximum absolute atomic E-state index is 15.0. The van der Waals surface area contributed by atoms with Gasteiger partial charge in [0.2, 0.25) is 5.60 Å². The molecule has 0 radical (unpaired) electrons. The van der Waals surface area contributed by atoms with Gasteiger partial charge in [0.1, 0.15) is 30.3 Å².